The van der Waals surface area contributed by atoms with Crippen LogP contribution in [0.4, 0.5) is 0 Å². The number of likely N-dealkylation sites (N-methyl/N-ethyl adjacent to an activating group) is 1. The lowest BCUT2D eigenvalue weighted by molar-refractivity contribution is -0.141. The van der Waals surface area contributed by atoms with Crippen molar-refractivity contribution in [1.29, 1.82) is 0 Å². The molecule has 0 aliphatic heterocycles. The minimum Gasteiger partial charge on any atom is -0.494 e. The maximum absolute atomic E-state index is 12.1. The number of carbonyl (C=O) groups is 2. The Balaban J connectivity index is 2.60. The molecule has 1 aromatic carbocycles. The number of hydrogen-bond acceptors (Lipinski definition) is 4. The highest BCUT2D eigenvalue weighted by atomic mass is 16.5. The number of benzene rings is 1. The topological polar surface area (TPSA) is 76.1 Å². The lowest BCUT2D eigenvalue weighted by Gasteiger charge is -2.21. The summed E-state index contributed by atoms with van der Waals surface area (Å²) in [5.41, 5.74) is 0.426. The summed E-state index contributed by atoms with van der Waals surface area (Å²) in [7, 11) is 3.10. The number of hydrogen-bond donors (Lipinski definition) is 1. The number of nitrogens with zero attached hydrogens (tertiary/aromatic N) is 1. The van der Waals surface area contributed by atoms with Crippen LogP contribution in [0.15, 0.2) is 24.3 Å². The van der Waals surface area contributed by atoms with E-state index in [1.807, 2.05) is 0 Å². The van der Waals surface area contributed by atoms with Gasteiger partial charge in [0, 0.05) is 32.7 Å². The summed E-state index contributed by atoms with van der Waals surface area (Å²) >= 11 is 0. The average Bonchev–Trinajstić information content (AvgIpc) is 2.50. The van der Waals surface area contributed by atoms with Crippen molar-refractivity contribution in [2.45, 2.75) is 19.4 Å². The van der Waals surface area contributed by atoms with Crippen LogP contribution >= 0.6 is 0 Å². The van der Waals surface area contributed by atoms with E-state index in [1.54, 1.807) is 31.4 Å². The van der Waals surface area contributed by atoms with E-state index in [0.717, 1.165) is 6.42 Å². The summed E-state index contributed by atoms with van der Waals surface area (Å²) in [6, 6.07) is 5.76. The van der Waals surface area contributed by atoms with Gasteiger partial charge in [-0.1, -0.05) is 0 Å². The molecule has 0 aliphatic carbocycles. The zero-order chi connectivity index (χ0) is 15.8. The first kappa shape index (κ1) is 17.0. The summed E-state index contributed by atoms with van der Waals surface area (Å²) in [6.07, 6.45) is 0.788. The number of carboxylic acids is 1. The first-order chi connectivity index (χ1) is 9.97. The van der Waals surface area contributed by atoms with Crippen LogP contribution < -0.4 is 4.74 Å². The van der Waals surface area contributed by atoms with Crippen molar-refractivity contribution >= 4 is 11.9 Å². The molecule has 0 saturated carbocycles. The second kappa shape index (κ2) is 8.26. The third kappa shape index (κ3) is 5.07. The molecule has 0 bridgehead atoms. The van der Waals surface area contributed by atoms with Crippen LogP contribution in [-0.2, 0) is 9.53 Å². The minimum absolute atomic E-state index is 0.337. The molecule has 1 amide bonds. The Bertz CT molecular complexity index is 471. The first-order valence-corrected chi connectivity index (χ1v) is 6.69. The van der Waals surface area contributed by atoms with Crippen LogP contribution in [0.25, 0.3) is 0 Å². The first-order valence-electron chi connectivity index (χ1n) is 6.69. The van der Waals surface area contributed by atoms with Crippen molar-refractivity contribution in [3.05, 3.63) is 29.8 Å². The van der Waals surface area contributed by atoms with Crippen molar-refractivity contribution in [2.24, 2.45) is 0 Å². The highest BCUT2D eigenvalue weighted by molar-refractivity contribution is 5.96. The van der Waals surface area contributed by atoms with E-state index in [9.17, 15) is 9.59 Å². The van der Waals surface area contributed by atoms with E-state index in [0.29, 0.717) is 24.5 Å². The zero-order valence-corrected chi connectivity index (χ0v) is 12.5. The van der Waals surface area contributed by atoms with Gasteiger partial charge in [-0.25, -0.2) is 4.79 Å². The van der Waals surface area contributed by atoms with Crippen molar-refractivity contribution in [3.8, 4) is 5.75 Å². The molecule has 0 radical (unpaired) electrons. The summed E-state index contributed by atoms with van der Waals surface area (Å²) in [6.45, 7) is 2.64. The lowest BCUT2D eigenvalue weighted by atomic mass is 10.1. The fraction of sp³-hybridized carbons (Fsp3) is 0.467. The molecule has 1 unspecified atom stereocenters. The Morgan fingerprint density at radius 3 is 2.38 bits per heavy atom. The molecular formula is C15H21NO5. The number of carbonyl (C=O) groups excluding carboxylic acids is 1. The van der Waals surface area contributed by atoms with Crippen LogP contribution in [-0.4, -0.2) is 55.3 Å². The van der Waals surface area contributed by atoms with E-state index < -0.39 is 12.0 Å². The smallest absolute Gasteiger partial charge is 0.326 e. The van der Waals surface area contributed by atoms with Gasteiger partial charge >= 0.3 is 5.97 Å². The second-order valence-corrected chi connectivity index (χ2v) is 4.65. The molecule has 1 N–H and O–H groups in total. The average molecular weight is 295 g/mol. The summed E-state index contributed by atoms with van der Waals surface area (Å²) in [5, 5.41) is 8.91. The van der Waals surface area contributed by atoms with Gasteiger partial charge in [-0.3, -0.25) is 4.79 Å². The van der Waals surface area contributed by atoms with E-state index in [2.05, 4.69) is 0 Å². The SMILES string of the molecule is COCCCOc1ccc(C(=O)N(C)C(C)C(=O)O)cc1. The molecule has 0 spiro atoms. The Labute approximate surface area is 124 Å². The van der Waals surface area contributed by atoms with E-state index in [-0.39, 0.29) is 5.91 Å². The fourth-order valence-corrected chi connectivity index (χ4v) is 1.63. The Morgan fingerprint density at radius 2 is 1.86 bits per heavy atom. The van der Waals surface area contributed by atoms with Crippen LogP contribution in [0.3, 0.4) is 0 Å². The van der Waals surface area contributed by atoms with Crippen LogP contribution in [0, 0.1) is 0 Å². The number of rotatable bonds is 8. The molecule has 0 aromatic heterocycles. The van der Waals surface area contributed by atoms with Gasteiger partial charge in [0.2, 0.25) is 0 Å². The Hall–Kier alpha value is -2.08. The van der Waals surface area contributed by atoms with Crippen LogP contribution in [0.1, 0.15) is 23.7 Å². The van der Waals surface area contributed by atoms with Gasteiger partial charge in [0.15, 0.2) is 0 Å². The summed E-state index contributed by atoms with van der Waals surface area (Å²) in [4.78, 5) is 24.2. The highest BCUT2D eigenvalue weighted by Gasteiger charge is 2.22. The molecule has 6 heteroatoms. The van der Waals surface area contributed by atoms with Gasteiger partial charge < -0.3 is 19.5 Å². The largest absolute Gasteiger partial charge is 0.494 e. The van der Waals surface area contributed by atoms with Gasteiger partial charge in [-0.15, -0.1) is 0 Å². The standard InChI is InChI=1S/C15H21NO5/c1-11(15(18)19)16(2)14(17)12-5-7-13(8-6-12)21-10-4-9-20-3/h5-8,11H,4,9-10H2,1-3H3,(H,18,19). The molecule has 21 heavy (non-hydrogen) atoms. The van der Waals surface area contributed by atoms with Gasteiger partial charge in [0.1, 0.15) is 11.8 Å². The Kier molecular flexibility index (Phi) is 6.68. The minimum atomic E-state index is -1.04. The van der Waals surface area contributed by atoms with E-state index in [4.69, 9.17) is 14.6 Å². The van der Waals surface area contributed by atoms with Gasteiger partial charge in [-0.2, -0.15) is 0 Å². The lowest BCUT2D eigenvalue weighted by Crippen LogP contribution is -2.40. The summed E-state index contributed by atoms with van der Waals surface area (Å²) < 4.78 is 10.4. The maximum atomic E-state index is 12.1. The highest BCUT2D eigenvalue weighted by Crippen LogP contribution is 2.14. The molecule has 0 saturated heterocycles. The number of ether oxygens (including phenoxy) is 2. The fourth-order valence-electron chi connectivity index (χ4n) is 1.63. The van der Waals surface area contributed by atoms with Crippen molar-refractivity contribution in [3.63, 3.8) is 0 Å². The van der Waals surface area contributed by atoms with Crippen LogP contribution in [0.5, 0.6) is 5.75 Å². The van der Waals surface area contributed by atoms with Crippen molar-refractivity contribution in [1.82, 2.24) is 4.90 Å². The normalized spacial score (nSPS) is 11.8. The predicted octanol–water partition coefficient (Wildman–Crippen LogP) is 1.65. The van der Waals surface area contributed by atoms with E-state index in [1.165, 1.54) is 18.9 Å². The van der Waals surface area contributed by atoms with Crippen molar-refractivity contribution in [2.75, 3.05) is 27.4 Å². The molecule has 0 heterocycles. The third-order valence-corrected chi connectivity index (χ3v) is 3.12. The quantitative estimate of drug-likeness (QED) is 0.738. The number of amides is 1. The number of carboxylic acid groups (broad SMARTS) is 1. The summed E-state index contributed by atoms with van der Waals surface area (Å²) in [5.74, 6) is -0.712. The van der Waals surface area contributed by atoms with Gasteiger partial charge in [-0.05, 0) is 31.2 Å². The monoisotopic (exact) mass is 295 g/mol. The van der Waals surface area contributed by atoms with Crippen molar-refractivity contribution < 1.29 is 24.2 Å². The molecular weight excluding hydrogens is 274 g/mol. The molecule has 0 aliphatic rings. The molecule has 116 valence electrons. The number of aliphatic carboxylic acids is 1. The zero-order valence-electron chi connectivity index (χ0n) is 12.5. The third-order valence-electron chi connectivity index (χ3n) is 3.12. The molecule has 1 aromatic rings. The molecule has 6 nitrogen and oxygen atoms in total. The van der Waals surface area contributed by atoms with Crippen LogP contribution in [0.2, 0.25) is 0 Å². The Morgan fingerprint density at radius 1 is 1.24 bits per heavy atom. The number of methoxy groups -OCH3 is 1. The molecule has 1 atom stereocenters. The molecule has 0 fully saturated rings. The second-order valence-electron chi connectivity index (χ2n) is 4.65. The van der Waals surface area contributed by atoms with E-state index >= 15 is 0 Å². The predicted molar refractivity (Wildman–Crippen MR) is 77.6 cm³/mol. The maximum Gasteiger partial charge on any atom is 0.326 e. The van der Waals surface area contributed by atoms with Gasteiger partial charge in [0.25, 0.3) is 5.91 Å². The molecule has 1 rings (SSSR count). The van der Waals surface area contributed by atoms with Gasteiger partial charge in [0.05, 0.1) is 6.61 Å².